The van der Waals surface area contributed by atoms with Crippen molar-refractivity contribution in [2.24, 2.45) is 11.3 Å². The van der Waals surface area contributed by atoms with Gasteiger partial charge in [-0.2, -0.15) is 5.26 Å². The molecule has 1 fully saturated rings. The first-order valence-corrected chi connectivity index (χ1v) is 6.40. The van der Waals surface area contributed by atoms with Crippen molar-refractivity contribution in [2.75, 3.05) is 0 Å². The Morgan fingerprint density at radius 2 is 2.10 bits per heavy atom. The van der Waals surface area contributed by atoms with Crippen LogP contribution in [0.15, 0.2) is 24.3 Å². The predicted molar refractivity (Wildman–Crippen MR) is 71.4 cm³/mol. The van der Waals surface area contributed by atoms with Crippen LogP contribution >= 0.6 is 0 Å². The van der Waals surface area contributed by atoms with Crippen LogP contribution in [0.2, 0.25) is 0 Å². The van der Waals surface area contributed by atoms with E-state index in [-0.39, 0.29) is 18.1 Å². The molecule has 0 aliphatic heterocycles. The number of non-ortho nitro benzene ring substituents is 1. The molecular weight excluding hydrogens is 258 g/mol. The van der Waals surface area contributed by atoms with E-state index in [1.54, 1.807) is 12.1 Å². The van der Waals surface area contributed by atoms with Crippen molar-refractivity contribution in [3.8, 4) is 6.07 Å². The molecule has 0 saturated heterocycles. The lowest BCUT2D eigenvalue weighted by atomic mass is 9.63. The number of nitro benzene ring substituents is 1. The molecule has 0 aromatic heterocycles. The maximum atomic E-state index is 12.0. The van der Waals surface area contributed by atoms with Crippen LogP contribution in [0.25, 0.3) is 0 Å². The van der Waals surface area contributed by atoms with Gasteiger partial charge in [-0.15, -0.1) is 0 Å². The topological polar surface area (TPSA) is 96.0 Å². The molecule has 0 bridgehead atoms. The molecule has 0 atom stereocenters. The highest BCUT2D eigenvalue weighted by Gasteiger charge is 2.48. The molecule has 1 amide bonds. The molecule has 0 heterocycles. The van der Waals surface area contributed by atoms with Crippen LogP contribution in [0.1, 0.15) is 25.3 Å². The molecule has 1 N–H and O–H groups in total. The van der Waals surface area contributed by atoms with E-state index in [9.17, 15) is 14.9 Å². The Kier molecular flexibility index (Phi) is 3.70. The molecule has 1 aliphatic carbocycles. The standard InChI is InChI=1S/C14H15N3O3/c1-10-6-14(7-10,9-15)13(18)16-8-11-2-4-12(5-3-11)17(19)20/h2-5,10H,6-8H2,1H3,(H,16,18). The van der Waals surface area contributed by atoms with Gasteiger partial charge in [-0.3, -0.25) is 14.9 Å². The normalized spacial score (nSPS) is 24.3. The van der Waals surface area contributed by atoms with Gasteiger partial charge in [0.2, 0.25) is 5.91 Å². The third-order valence-electron chi connectivity index (χ3n) is 3.64. The van der Waals surface area contributed by atoms with Gasteiger partial charge < -0.3 is 5.32 Å². The van der Waals surface area contributed by atoms with Crippen LogP contribution in [0, 0.1) is 32.8 Å². The summed E-state index contributed by atoms with van der Waals surface area (Å²) >= 11 is 0. The average molecular weight is 273 g/mol. The highest BCUT2D eigenvalue weighted by molar-refractivity contribution is 5.86. The third kappa shape index (κ3) is 2.62. The fraction of sp³-hybridized carbons (Fsp3) is 0.429. The quantitative estimate of drug-likeness (QED) is 0.671. The fourth-order valence-electron chi connectivity index (χ4n) is 2.54. The van der Waals surface area contributed by atoms with Crippen molar-refractivity contribution in [3.05, 3.63) is 39.9 Å². The van der Waals surface area contributed by atoms with Gasteiger partial charge in [0.25, 0.3) is 5.69 Å². The van der Waals surface area contributed by atoms with E-state index in [1.807, 2.05) is 6.92 Å². The van der Waals surface area contributed by atoms with Gasteiger partial charge in [0.05, 0.1) is 11.0 Å². The summed E-state index contributed by atoms with van der Waals surface area (Å²) in [7, 11) is 0. The number of nitrogens with zero attached hydrogens (tertiary/aromatic N) is 2. The van der Waals surface area contributed by atoms with Gasteiger partial charge in [0.1, 0.15) is 5.41 Å². The number of carbonyl (C=O) groups excluding carboxylic acids is 1. The van der Waals surface area contributed by atoms with Crippen LogP contribution in [-0.2, 0) is 11.3 Å². The Labute approximate surface area is 116 Å². The summed E-state index contributed by atoms with van der Waals surface area (Å²) < 4.78 is 0. The van der Waals surface area contributed by atoms with E-state index in [4.69, 9.17) is 5.26 Å². The number of hydrogen-bond donors (Lipinski definition) is 1. The Morgan fingerprint density at radius 1 is 1.50 bits per heavy atom. The molecule has 2 rings (SSSR count). The summed E-state index contributed by atoms with van der Waals surface area (Å²) in [6.07, 6.45) is 1.19. The molecule has 1 aliphatic rings. The zero-order valence-corrected chi connectivity index (χ0v) is 11.1. The number of nitrogens with one attached hydrogen (secondary N) is 1. The number of benzene rings is 1. The minimum absolute atomic E-state index is 0.0152. The van der Waals surface area contributed by atoms with Crippen LogP contribution in [0.5, 0.6) is 0 Å². The third-order valence-corrected chi connectivity index (χ3v) is 3.64. The maximum Gasteiger partial charge on any atom is 0.269 e. The molecule has 20 heavy (non-hydrogen) atoms. The molecule has 0 spiro atoms. The highest BCUT2D eigenvalue weighted by Crippen LogP contribution is 2.45. The van der Waals surface area contributed by atoms with Crippen molar-refractivity contribution < 1.29 is 9.72 Å². The molecular formula is C14H15N3O3. The van der Waals surface area contributed by atoms with E-state index in [2.05, 4.69) is 11.4 Å². The van der Waals surface area contributed by atoms with Gasteiger partial charge in [-0.1, -0.05) is 19.1 Å². The van der Waals surface area contributed by atoms with Gasteiger partial charge >= 0.3 is 0 Å². The monoisotopic (exact) mass is 273 g/mol. The lowest BCUT2D eigenvalue weighted by molar-refractivity contribution is -0.384. The number of nitro groups is 1. The van der Waals surface area contributed by atoms with Gasteiger partial charge in [-0.25, -0.2) is 0 Å². The number of nitriles is 1. The molecule has 104 valence electrons. The zero-order chi connectivity index (χ0) is 14.8. The Morgan fingerprint density at radius 3 is 2.55 bits per heavy atom. The second-order valence-electron chi connectivity index (χ2n) is 5.31. The van der Waals surface area contributed by atoms with Crippen molar-refractivity contribution >= 4 is 11.6 Å². The number of amides is 1. The Bertz CT molecular complexity index is 568. The Hall–Kier alpha value is -2.42. The van der Waals surface area contributed by atoms with E-state index in [1.165, 1.54) is 12.1 Å². The lowest BCUT2D eigenvalue weighted by Gasteiger charge is -2.39. The minimum Gasteiger partial charge on any atom is -0.351 e. The highest BCUT2D eigenvalue weighted by atomic mass is 16.6. The van der Waals surface area contributed by atoms with E-state index < -0.39 is 10.3 Å². The molecule has 0 radical (unpaired) electrons. The first-order chi connectivity index (χ1) is 9.47. The van der Waals surface area contributed by atoms with Crippen LogP contribution < -0.4 is 5.32 Å². The van der Waals surface area contributed by atoms with E-state index >= 15 is 0 Å². The van der Waals surface area contributed by atoms with E-state index in [0.29, 0.717) is 18.8 Å². The molecule has 6 heteroatoms. The van der Waals surface area contributed by atoms with Gasteiger partial charge in [0, 0.05) is 18.7 Å². The minimum atomic E-state index is -0.889. The van der Waals surface area contributed by atoms with Crippen molar-refractivity contribution in [3.63, 3.8) is 0 Å². The Balaban J connectivity index is 1.94. The van der Waals surface area contributed by atoms with E-state index in [0.717, 1.165) is 5.56 Å². The summed E-state index contributed by atoms with van der Waals surface area (Å²) in [5.74, 6) is 0.149. The zero-order valence-electron chi connectivity index (χ0n) is 11.1. The molecule has 1 aromatic carbocycles. The van der Waals surface area contributed by atoms with Crippen LogP contribution in [-0.4, -0.2) is 10.8 Å². The first kappa shape index (κ1) is 14.0. The summed E-state index contributed by atoms with van der Waals surface area (Å²) in [6.45, 7) is 2.29. The molecule has 6 nitrogen and oxygen atoms in total. The molecule has 0 unspecified atom stereocenters. The maximum absolute atomic E-state index is 12.0. The van der Waals surface area contributed by atoms with Gasteiger partial charge in [0.15, 0.2) is 0 Å². The lowest BCUT2D eigenvalue weighted by Crippen LogP contribution is -2.47. The number of hydrogen-bond acceptors (Lipinski definition) is 4. The summed E-state index contributed by atoms with van der Waals surface area (Å²) in [5.41, 5.74) is -0.106. The van der Waals surface area contributed by atoms with Crippen LogP contribution in [0.3, 0.4) is 0 Å². The fourth-order valence-corrected chi connectivity index (χ4v) is 2.54. The summed E-state index contributed by atoms with van der Waals surface area (Å²) in [4.78, 5) is 22.1. The SMILES string of the molecule is CC1CC(C#N)(C(=O)NCc2ccc([N+](=O)[O-])cc2)C1. The number of carbonyl (C=O) groups is 1. The molecule has 1 aromatic rings. The smallest absolute Gasteiger partial charge is 0.269 e. The second-order valence-corrected chi connectivity index (χ2v) is 5.31. The van der Waals surface area contributed by atoms with Crippen molar-refractivity contribution in [1.29, 1.82) is 5.26 Å². The summed E-state index contributed by atoms with van der Waals surface area (Å²) in [6, 6.07) is 8.09. The predicted octanol–water partition coefficient (Wildman–Crippen LogP) is 2.15. The average Bonchev–Trinajstić information content (AvgIpc) is 2.41. The van der Waals surface area contributed by atoms with Crippen LogP contribution in [0.4, 0.5) is 5.69 Å². The number of rotatable bonds is 4. The second kappa shape index (κ2) is 5.29. The first-order valence-electron chi connectivity index (χ1n) is 6.40. The van der Waals surface area contributed by atoms with Crippen molar-refractivity contribution in [1.82, 2.24) is 5.32 Å². The summed E-state index contributed by atoms with van der Waals surface area (Å²) in [5, 5.41) is 22.4. The largest absolute Gasteiger partial charge is 0.351 e. The van der Waals surface area contributed by atoms with Crippen molar-refractivity contribution in [2.45, 2.75) is 26.3 Å². The molecule has 1 saturated carbocycles. The van der Waals surface area contributed by atoms with Gasteiger partial charge in [-0.05, 0) is 24.3 Å².